The van der Waals surface area contributed by atoms with E-state index < -0.39 is 11.2 Å². The molecule has 0 bridgehead atoms. The van der Waals surface area contributed by atoms with Gasteiger partial charge in [-0.15, -0.1) is 12.6 Å². The summed E-state index contributed by atoms with van der Waals surface area (Å²) in [6.07, 6.45) is -1.16. The average Bonchev–Trinajstić information content (AvgIpc) is 2.04. The molecule has 0 saturated carbocycles. The van der Waals surface area contributed by atoms with Crippen molar-refractivity contribution < 1.29 is 9.90 Å². The SMILES string of the molecule is Nc1ccc(C(O)C(=O)S)cc1. The molecule has 0 aliphatic carbocycles. The van der Waals surface area contributed by atoms with E-state index in [1.807, 2.05) is 0 Å². The van der Waals surface area contributed by atoms with Crippen LogP contribution in [0.4, 0.5) is 5.69 Å². The smallest absolute Gasteiger partial charge is 0.218 e. The van der Waals surface area contributed by atoms with E-state index in [0.717, 1.165) is 0 Å². The third-order valence-corrected chi connectivity index (χ3v) is 1.73. The summed E-state index contributed by atoms with van der Waals surface area (Å²) in [5.74, 6) is 0. The molecule has 1 aromatic rings. The number of nitrogens with two attached hydrogens (primary N) is 1. The van der Waals surface area contributed by atoms with Gasteiger partial charge in [0.1, 0.15) is 6.10 Å². The molecule has 0 saturated heterocycles. The zero-order valence-electron chi connectivity index (χ0n) is 6.27. The van der Waals surface area contributed by atoms with Crippen LogP contribution in [0.3, 0.4) is 0 Å². The minimum atomic E-state index is -1.16. The fraction of sp³-hybridized carbons (Fsp3) is 0.125. The first kappa shape index (κ1) is 9.09. The van der Waals surface area contributed by atoms with E-state index in [4.69, 9.17) is 5.73 Å². The van der Waals surface area contributed by atoms with Crippen molar-refractivity contribution in [2.45, 2.75) is 6.10 Å². The summed E-state index contributed by atoms with van der Waals surface area (Å²) < 4.78 is 0. The van der Waals surface area contributed by atoms with Gasteiger partial charge in [-0.1, -0.05) is 12.1 Å². The molecule has 1 atom stereocenters. The minimum absolute atomic E-state index is 0.504. The maximum atomic E-state index is 10.6. The Kier molecular flexibility index (Phi) is 2.73. The van der Waals surface area contributed by atoms with Crippen molar-refractivity contribution in [3.8, 4) is 0 Å². The van der Waals surface area contributed by atoms with E-state index in [1.165, 1.54) is 0 Å². The second kappa shape index (κ2) is 3.60. The van der Waals surface area contributed by atoms with Crippen LogP contribution >= 0.6 is 12.6 Å². The highest BCUT2D eigenvalue weighted by molar-refractivity contribution is 7.96. The van der Waals surface area contributed by atoms with Gasteiger partial charge in [-0.25, -0.2) is 0 Å². The summed E-state index contributed by atoms with van der Waals surface area (Å²) in [6.45, 7) is 0. The molecule has 0 aliphatic heterocycles. The van der Waals surface area contributed by atoms with E-state index >= 15 is 0 Å². The third-order valence-electron chi connectivity index (χ3n) is 1.49. The molecule has 0 spiro atoms. The lowest BCUT2D eigenvalue weighted by atomic mass is 10.1. The van der Waals surface area contributed by atoms with Crippen molar-refractivity contribution in [3.63, 3.8) is 0 Å². The van der Waals surface area contributed by atoms with Gasteiger partial charge in [0.25, 0.3) is 0 Å². The predicted octanol–water partition coefficient (Wildman–Crippen LogP) is 0.759. The fourth-order valence-electron chi connectivity index (χ4n) is 0.821. The van der Waals surface area contributed by atoms with E-state index in [-0.39, 0.29) is 0 Å². The normalized spacial score (nSPS) is 12.5. The second-order valence-electron chi connectivity index (χ2n) is 2.41. The molecule has 64 valence electrons. The Morgan fingerprint density at radius 3 is 2.33 bits per heavy atom. The quantitative estimate of drug-likeness (QED) is 0.468. The lowest BCUT2D eigenvalue weighted by Crippen LogP contribution is -2.05. The first-order valence-corrected chi connectivity index (χ1v) is 3.82. The number of benzene rings is 1. The highest BCUT2D eigenvalue weighted by atomic mass is 32.1. The van der Waals surface area contributed by atoms with E-state index in [0.29, 0.717) is 11.3 Å². The Labute approximate surface area is 75.6 Å². The first-order valence-electron chi connectivity index (χ1n) is 3.37. The molecule has 0 aliphatic rings. The third kappa shape index (κ3) is 1.99. The van der Waals surface area contributed by atoms with Gasteiger partial charge in [0.05, 0.1) is 0 Å². The molecule has 1 rings (SSSR count). The Balaban J connectivity index is 2.89. The maximum Gasteiger partial charge on any atom is 0.218 e. The molecule has 1 aromatic carbocycles. The summed E-state index contributed by atoms with van der Waals surface area (Å²) >= 11 is 3.51. The van der Waals surface area contributed by atoms with E-state index in [1.54, 1.807) is 24.3 Å². The van der Waals surface area contributed by atoms with Crippen molar-refractivity contribution in [1.82, 2.24) is 0 Å². The largest absolute Gasteiger partial charge is 0.399 e. The average molecular weight is 183 g/mol. The van der Waals surface area contributed by atoms with Crippen LogP contribution < -0.4 is 5.73 Å². The molecule has 1 unspecified atom stereocenters. The molecular formula is C8H9NO2S. The number of aliphatic hydroxyl groups excluding tert-OH is 1. The molecule has 3 nitrogen and oxygen atoms in total. The van der Waals surface area contributed by atoms with Crippen LogP contribution in [0.25, 0.3) is 0 Å². The van der Waals surface area contributed by atoms with Gasteiger partial charge in [0.2, 0.25) is 5.12 Å². The van der Waals surface area contributed by atoms with Crippen LogP contribution in [0.15, 0.2) is 24.3 Å². The molecule has 12 heavy (non-hydrogen) atoms. The number of nitrogen functional groups attached to an aromatic ring is 1. The number of anilines is 1. The lowest BCUT2D eigenvalue weighted by Gasteiger charge is -2.05. The molecule has 4 heteroatoms. The summed E-state index contributed by atoms with van der Waals surface area (Å²) in [6, 6.07) is 6.42. The Morgan fingerprint density at radius 2 is 1.92 bits per heavy atom. The van der Waals surface area contributed by atoms with Gasteiger partial charge in [-0.2, -0.15) is 0 Å². The molecule has 0 fully saturated rings. The summed E-state index contributed by atoms with van der Waals surface area (Å²) in [7, 11) is 0. The van der Waals surface area contributed by atoms with Crippen molar-refractivity contribution in [2.24, 2.45) is 0 Å². The number of carbonyl (C=O) groups excluding carboxylic acids is 1. The molecular weight excluding hydrogens is 174 g/mol. The van der Waals surface area contributed by atoms with Crippen LogP contribution in [0.5, 0.6) is 0 Å². The zero-order valence-corrected chi connectivity index (χ0v) is 7.16. The minimum Gasteiger partial charge on any atom is -0.399 e. The van der Waals surface area contributed by atoms with Gasteiger partial charge in [0.15, 0.2) is 0 Å². The lowest BCUT2D eigenvalue weighted by molar-refractivity contribution is -0.118. The first-order chi connectivity index (χ1) is 5.61. The molecule has 0 amide bonds. The van der Waals surface area contributed by atoms with Crippen LogP contribution in [0.1, 0.15) is 11.7 Å². The van der Waals surface area contributed by atoms with Crippen LogP contribution in [0, 0.1) is 0 Å². The van der Waals surface area contributed by atoms with Gasteiger partial charge < -0.3 is 10.8 Å². The molecule has 0 aromatic heterocycles. The topological polar surface area (TPSA) is 63.3 Å². The number of hydrogen-bond acceptors (Lipinski definition) is 3. The number of hydrogen-bond donors (Lipinski definition) is 3. The van der Waals surface area contributed by atoms with Crippen molar-refractivity contribution in [1.29, 1.82) is 0 Å². The standard InChI is InChI=1S/C8H9NO2S/c9-6-3-1-5(2-4-6)7(10)8(11)12/h1-4,7,10H,9H2,(H,11,12). The summed E-state index contributed by atoms with van der Waals surface area (Å²) in [5.41, 5.74) is 6.52. The molecule has 3 N–H and O–H groups in total. The van der Waals surface area contributed by atoms with Crippen LogP contribution in [0.2, 0.25) is 0 Å². The summed E-state index contributed by atoms with van der Waals surface area (Å²) in [5, 5.41) is 8.65. The van der Waals surface area contributed by atoms with Crippen molar-refractivity contribution >= 4 is 23.4 Å². The van der Waals surface area contributed by atoms with Crippen molar-refractivity contribution in [2.75, 3.05) is 5.73 Å². The second-order valence-corrected chi connectivity index (χ2v) is 2.85. The zero-order chi connectivity index (χ0) is 9.14. The number of aliphatic hydroxyl groups is 1. The fourth-order valence-corrected chi connectivity index (χ4v) is 0.970. The monoisotopic (exact) mass is 183 g/mol. The maximum absolute atomic E-state index is 10.6. The Morgan fingerprint density at radius 1 is 1.42 bits per heavy atom. The highest BCUT2D eigenvalue weighted by Crippen LogP contribution is 2.16. The number of thiol groups is 1. The van der Waals surface area contributed by atoms with Crippen LogP contribution in [-0.2, 0) is 4.79 Å². The molecule has 0 radical (unpaired) electrons. The molecule has 0 heterocycles. The van der Waals surface area contributed by atoms with E-state index in [9.17, 15) is 9.90 Å². The van der Waals surface area contributed by atoms with Gasteiger partial charge in [-0.05, 0) is 17.7 Å². The number of rotatable bonds is 2. The van der Waals surface area contributed by atoms with Gasteiger partial charge >= 0.3 is 0 Å². The summed E-state index contributed by atoms with van der Waals surface area (Å²) in [4.78, 5) is 10.6. The van der Waals surface area contributed by atoms with Gasteiger partial charge in [0, 0.05) is 5.69 Å². The number of carbonyl (C=O) groups is 1. The predicted molar refractivity (Wildman–Crippen MR) is 49.8 cm³/mol. The van der Waals surface area contributed by atoms with E-state index in [2.05, 4.69) is 12.6 Å². The Bertz CT molecular complexity index is 284. The Hall–Kier alpha value is -1.00. The van der Waals surface area contributed by atoms with Crippen molar-refractivity contribution in [3.05, 3.63) is 29.8 Å². The van der Waals surface area contributed by atoms with Gasteiger partial charge in [-0.3, -0.25) is 4.79 Å². The van der Waals surface area contributed by atoms with Crippen LogP contribution in [-0.4, -0.2) is 10.2 Å². The highest BCUT2D eigenvalue weighted by Gasteiger charge is 2.12.